The van der Waals surface area contributed by atoms with Crippen LogP contribution in [0.3, 0.4) is 0 Å². The molecule has 0 fully saturated rings. The zero-order valence-electron chi connectivity index (χ0n) is 15.5. The molecule has 5 heteroatoms. The number of rotatable bonds is 5. The molecule has 0 aliphatic rings. The van der Waals surface area contributed by atoms with Gasteiger partial charge in [-0.2, -0.15) is 0 Å². The third-order valence-electron chi connectivity index (χ3n) is 3.44. The molecule has 2 aromatic carbocycles. The van der Waals surface area contributed by atoms with E-state index >= 15 is 0 Å². The molecule has 0 radical (unpaired) electrons. The van der Waals surface area contributed by atoms with Crippen molar-refractivity contribution >= 4 is 17.9 Å². The number of amides is 2. The van der Waals surface area contributed by atoms with E-state index in [1.54, 1.807) is 49.6 Å². The Hall–Kier alpha value is -3.08. The van der Waals surface area contributed by atoms with E-state index in [4.69, 9.17) is 4.74 Å². The molecule has 5 nitrogen and oxygen atoms in total. The average Bonchev–Trinajstić information content (AvgIpc) is 2.61. The second-order valence-electron chi connectivity index (χ2n) is 6.86. The Balaban J connectivity index is 2.30. The maximum Gasteiger partial charge on any atom is 0.268 e. The van der Waals surface area contributed by atoms with Gasteiger partial charge in [0.2, 0.25) is 0 Å². The summed E-state index contributed by atoms with van der Waals surface area (Å²) in [6.07, 6.45) is 1.64. The molecule has 0 heterocycles. The third kappa shape index (κ3) is 5.77. The lowest BCUT2D eigenvalue weighted by molar-refractivity contribution is -0.119. The molecule has 0 atom stereocenters. The summed E-state index contributed by atoms with van der Waals surface area (Å²) in [4.78, 5) is 25.1. The van der Waals surface area contributed by atoms with Crippen LogP contribution in [0.4, 0.5) is 0 Å². The van der Waals surface area contributed by atoms with Crippen LogP contribution in [0.2, 0.25) is 0 Å². The fourth-order valence-electron chi connectivity index (χ4n) is 2.22. The SMILES string of the molecule is COc1ccc(/C=C(\NC(=O)c2ccccc2)C(=O)NC(C)(C)C)cc1. The van der Waals surface area contributed by atoms with Gasteiger partial charge in [0.25, 0.3) is 11.8 Å². The van der Waals surface area contributed by atoms with Crippen LogP contribution in [-0.2, 0) is 4.79 Å². The van der Waals surface area contributed by atoms with Gasteiger partial charge >= 0.3 is 0 Å². The van der Waals surface area contributed by atoms with Crippen molar-refractivity contribution in [3.63, 3.8) is 0 Å². The molecule has 0 saturated carbocycles. The summed E-state index contributed by atoms with van der Waals surface area (Å²) in [6, 6.07) is 16.0. The van der Waals surface area contributed by atoms with Crippen molar-refractivity contribution in [2.45, 2.75) is 26.3 Å². The second kappa shape index (κ2) is 8.34. The van der Waals surface area contributed by atoms with Gasteiger partial charge in [-0.3, -0.25) is 9.59 Å². The Morgan fingerprint density at radius 2 is 1.58 bits per heavy atom. The van der Waals surface area contributed by atoms with Crippen LogP contribution in [0.15, 0.2) is 60.3 Å². The number of ether oxygens (including phenoxy) is 1. The van der Waals surface area contributed by atoms with Crippen LogP contribution in [0.1, 0.15) is 36.7 Å². The highest BCUT2D eigenvalue weighted by atomic mass is 16.5. The maximum absolute atomic E-state index is 12.6. The number of benzene rings is 2. The number of hydrogen-bond donors (Lipinski definition) is 2. The fraction of sp³-hybridized carbons (Fsp3) is 0.238. The number of nitrogens with one attached hydrogen (secondary N) is 2. The van der Waals surface area contributed by atoms with E-state index in [0.29, 0.717) is 5.56 Å². The van der Waals surface area contributed by atoms with Gasteiger partial charge in [-0.25, -0.2) is 0 Å². The third-order valence-corrected chi connectivity index (χ3v) is 3.44. The highest BCUT2D eigenvalue weighted by Gasteiger charge is 2.19. The number of carbonyl (C=O) groups excluding carboxylic acids is 2. The van der Waals surface area contributed by atoms with Gasteiger partial charge < -0.3 is 15.4 Å². The van der Waals surface area contributed by atoms with Crippen LogP contribution < -0.4 is 15.4 Å². The first-order valence-corrected chi connectivity index (χ1v) is 8.33. The van der Waals surface area contributed by atoms with Crippen molar-refractivity contribution in [1.82, 2.24) is 10.6 Å². The summed E-state index contributed by atoms with van der Waals surface area (Å²) < 4.78 is 5.14. The molecule has 2 amide bonds. The first-order valence-electron chi connectivity index (χ1n) is 8.33. The first kappa shape index (κ1) is 19.2. The summed E-state index contributed by atoms with van der Waals surface area (Å²) in [7, 11) is 1.59. The fourth-order valence-corrected chi connectivity index (χ4v) is 2.22. The van der Waals surface area contributed by atoms with E-state index < -0.39 is 5.54 Å². The smallest absolute Gasteiger partial charge is 0.268 e. The van der Waals surface area contributed by atoms with Crippen molar-refractivity contribution < 1.29 is 14.3 Å². The highest BCUT2D eigenvalue weighted by Crippen LogP contribution is 2.14. The number of carbonyl (C=O) groups is 2. The summed E-state index contributed by atoms with van der Waals surface area (Å²) in [5.74, 6) is 0.0307. The first-order chi connectivity index (χ1) is 12.3. The Bertz CT molecular complexity index is 788. The molecule has 0 unspecified atom stereocenters. The molecule has 26 heavy (non-hydrogen) atoms. The highest BCUT2D eigenvalue weighted by molar-refractivity contribution is 6.05. The summed E-state index contributed by atoms with van der Waals surface area (Å²) in [5, 5.41) is 5.58. The van der Waals surface area contributed by atoms with E-state index in [1.165, 1.54) is 0 Å². The summed E-state index contributed by atoms with van der Waals surface area (Å²) in [6.45, 7) is 5.65. The van der Waals surface area contributed by atoms with Gasteiger partial charge in [-0.15, -0.1) is 0 Å². The molecular weight excluding hydrogens is 328 g/mol. The minimum absolute atomic E-state index is 0.180. The Labute approximate surface area is 154 Å². The quantitative estimate of drug-likeness (QED) is 0.811. The van der Waals surface area contributed by atoms with Crippen LogP contribution in [-0.4, -0.2) is 24.5 Å². The van der Waals surface area contributed by atoms with Crippen molar-refractivity contribution in [1.29, 1.82) is 0 Å². The lowest BCUT2D eigenvalue weighted by Crippen LogP contribution is -2.44. The van der Waals surface area contributed by atoms with Crippen molar-refractivity contribution in [2.75, 3.05) is 7.11 Å². The van der Waals surface area contributed by atoms with Gasteiger partial charge in [-0.05, 0) is 56.7 Å². The predicted octanol–water partition coefficient (Wildman–Crippen LogP) is 3.38. The monoisotopic (exact) mass is 352 g/mol. The van der Waals surface area contributed by atoms with Gasteiger partial charge in [-0.1, -0.05) is 30.3 Å². The number of methoxy groups -OCH3 is 1. The summed E-state index contributed by atoms with van der Waals surface area (Å²) >= 11 is 0. The normalized spacial score (nSPS) is 11.6. The second-order valence-corrected chi connectivity index (χ2v) is 6.86. The Morgan fingerprint density at radius 3 is 2.12 bits per heavy atom. The molecule has 0 bridgehead atoms. The largest absolute Gasteiger partial charge is 0.497 e. The lowest BCUT2D eigenvalue weighted by Gasteiger charge is -2.22. The standard InChI is InChI=1S/C21H24N2O3/c1-21(2,3)23-20(25)18(14-15-10-12-17(26-4)13-11-15)22-19(24)16-8-6-5-7-9-16/h5-14H,1-4H3,(H,22,24)(H,23,25)/b18-14-. The molecular formula is C21H24N2O3. The average molecular weight is 352 g/mol. The molecule has 136 valence electrons. The molecule has 0 saturated heterocycles. The summed E-state index contributed by atoms with van der Waals surface area (Å²) in [5.41, 5.74) is 1.02. The predicted molar refractivity (Wildman–Crippen MR) is 103 cm³/mol. The van der Waals surface area contributed by atoms with Crippen LogP contribution in [0, 0.1) is 0 Å². The molecule has 2 rings (SSSR count). The van der Waals surface area contributed by atoms with Crippen molar-refractivity contribution in [3.8, 4) is 5.75 Å². The van der Waals surface area contributed by atoms with Gasteiger partial charge in [0.1, 0.15) is 11.4 Å². The molecule has 2 aromatic rings. The Morgan fingerprint density at radius 1 is 0.962 bits per heavy atom. The van der Waals surface area contributed by atoms with Crippen molar-refractivity contribution in [2.24, 2.45) is 0 Å². The van der Waals surface area contributed by atoms with E-state index in [1.807, 2.05) is 39.0 Å². The van der Waals surface area contributed by atoms with E-state index in [9.17, 15) is 9.59 Å². The van der Waals surface area contributed by atoms with Gasteiger partial charge in [0, 0.05) is 11.1 Å². The minimum Gasteiger partial charge on any atom is -0.497 e. The molecule has 0 aromatic heterocycles. The Kier molecular flexibility index (Phi) is 6.17. The number of hydrogen-bond acceptors (Lipinski definition) is 3. The van der Waals surface area contributed by atoms with Gasteiger partial charge in [0.15, 0.2) is 0 Å². The maximum atomic E-state index is 12.6. The van der Waals surface area contributed by atoms with E-state index in [2.05, 4.69) is 10.6 Å². The zero-order valence-corrected chi connectivity index (χ0v) is 15.5. The minimum atomic E-state index is -0.423. The molecule has 0 spiro atoms. The molecule has 2 N–H and O–H groups in total. The van der Waals surface area contributed by atoms with E-state index in [-0.39, 0.29) is 17.5 Å². The van der Waals surface area contributed by atoms with Crippen LogP contribution >= 0.6 is 0 Å². The molecule has 0 aliphatic heterocycles. The van der Waals surface area contributed by atoms with Crippen LogP contribution in [0.25, 0.3) is 6.08 Å². The van der Waals surface area contributed by atoms with E-state index in [0.717, 1.165) is 11.3 Å². The van der Waals surface area contributed by atoms with Gasteiger partial charge in [0.05, 0.1) is 7.11 Å². The molecule has 0 aliphatic carbocycles. The lowest BCUT2D eigenvalue weighted by atomic mass is 10.1. The topological polar surface area (TPSA) is 67.4 Å². The zero-order chi connectivity index (χ0) is 19.2. The van der Waals surface area contributed by atoms with Crippen LogP contribution in [0.5, 0.6) is 5.75 Å². The van der Waals surface area contributed by atoms with Crippen molar-refractivity contribution in [3.05, 3.63) is 71.4 Å².